The summed E-state index contributed by atoms with van der Waals surface area (Å²) in [6.07, 6.45) is 0. The molecule has 0 aliphatic heterocycles. The van der Waals surface area contributed by atoms with Gasteiger partial charge in [0, 0.05) is 0 Å². The van der Waals surface area contributed by atoms with Crippen molar-refractivity contribution in [2.75, 3.05) is 0 Å². The first-order valence-corrected chi connectivity index (χ1v) is 5.32. The van der Waals surface area contributed by atoms with Gasteiger partial charge in [0.1, 0.15) is 0 Å². The van der Waals surface area contributed by atoms with Crippen LogP contribution >= 0.6 is 0 Å². The number of carbonyl (C=O) groups is 1. The average Bonchev–Trinajstić information content (AvgIpc) is 2.21. The van der Waals surface area contributed by atoms with Crippen LogP contribution in [0.5, 0.6) is 0 Å². The molecule has 0 aliphatic carbocycles. The van der Waals surface area contributed by atoms with Crippen molar-refractivity contribution in [2.24, 2.45) is 5.92 Å². The zero-order valence-corrected chi connectivity index (χ0v) is 10.3. The van der Waals surface area contributed by atoms with Crippen LogP contribution in [0.3, 0.4) is 0 Å². The van der Waals surface area contributed by atoms with Gasteiger partial charge in [-0.2, -0.15) is 0 Å². The zero-order valence-electron chi connectivity index (χ0n) is 10.3. The monoisotopic (exact) mass is 210 g/mol. The van der Waals surface area contributed by atoms with Gasteiger partial charge in [0.05, 0.1) is 5.56 Å². The first-order chi connectivity index (χ1) is 7.04. The molecule has 0 heterocycles. The molecule has 1 aromatic carbocycles. The van der Waals surface area contributed by atoms with Crippen molar-refractivity contribution < 1.29 is 9.90 Å². The van der Waals surface area contributed by atoms with E-state index in [-0.39, 0.29) is 0 Å². The molecule has 0 unspecified atom stereocenters. The van der Waals surface area contributed by atoms with Crippen LogP contribution in [0.4, 0.5) is 0 Å². The van der Waals surface area contributed by atoms with Gasteiger partial charge >= 0.3 is 5.97 Å². The number of rotatable bonds is 1. The van der Waals surface area contributed by atoms with Gasteiger partial charge in [-0.1, -0.05) is 52.8 Å². The molecule has 1 rings (SSSR count). The van der Waals surface area contributed by atoms with Crippen LogP contribution in [0.15, 0.2) is 30.3 Å². The molecule has 0 saturated heterocycles. The Labute approximate surface area is 93.0 Å². The Kier molecular flexibility index (Phi) is 11.6. The normalized spacial score (nSPS) is 8.13. The molecule has 2 heteroatoms. The fourth-order valence-corrected chi connectivity index (χ4v) is 0.581. The Morgan fingerprint density at radius 3 is 1.60 bits per heavy atom. The molecule has 0 spiro atoms. The molecule has 0 amide bonds. The van der Waals surface area contributed by atoms with E-state index in [0.717, 1.165) is 5.92 Å². The number of carboxylic acids is 1. The molecule has 0 atom stereocenters. The highest BCUT2D eigenvalue weighted by Gasteiger charge is 1.96. The fraction of sp³-hybridized carbons (Fsp3) is 0.462. The van der Waals surface area contributed by atoms with Crippen molar-refractivity contribution in [3.05, 3.63) is 35.9 Å². The van der Waals surface area contributed by atoms with E-state index in [1.807, 2.05) is 13.8 Å². The molecule has 1 aromatic rings. The van der Waals surface area contributed by atoms with Gasteiger partial charge in [0.25, 0.3) is 0 Å². The molecule has 0 saturated carbocycles. The molecular formula is C13H22O2. The molecule has 0 fully saturated rings. The lowest BCUT2D eigenvalue weighted by Crippen LogP contribution is -1.93. The maximum absolute atomic E-state index is 10.2. The summed E-state index contributed by atoms with van der Waals surface area (Å²) < 4.78 is 0. The topological polar surface area (TPSA) is 37.3 Å². The van der Waals surface area contributed by atoms with Gasteiger partial charge in [0.15, 0.2) is 0 Å². The van der Waals surface area contributed by atoms with Crippen LogP contribution in [-0.2, 0) is 0 Å². The summed E-state index contributed by atoms with van der Waals surface area (Å²) in [5.74, 6) is -0.0457. The quantitative estimate of drug-likeness (QED) is 0.758. The highest BCUT2D eigenvalue weighted by Crippen LogP contribution is 1.96. The van der Waals surface area contributed by atoms with Crippen LogP contribution in [0.25, 0.3) is 0 Å². The summed E-state index contributed by atoms with van der Waals surface area (Å²) in [6.45, 7) is 10.5. The third-order valence-electron chi connectivity index (χ3n) is 1.02. The summed E-state index contributed by atoms with van der Waals surface area (Å²) in [6, 6.07) is 8.30. The maximum atomic E-state index is 10.2. The molecular weight excluding hydrogens is 188 g/mol. The SMILES string of the molecule is CC.CC(C)C.O=C(O)c1ccccc1. The average molecular weight is 210 g/mol. The van der Waals surface area contributed by atoms with Crippen LogP contribution in [0, 0.1) is 5.92 Å². The van der Waals surface area contributed by atoms with Crippen molar-refractivity contribution in [3.63, 3.8) is 0 Å². The molecule has 15 heavy (non-hydrogen) atoms. The lowest BCUT2D eigenvalue weighted by Gasteiger charge is -1.88. The molecule has 0 aliphatic rings. The summed E-state index contributed by atoms with van der Waals surface area (Å²) in [5.41, 5.74) is 0.331. The second-order valence-corrected chi connectivity index (χ2v) is 3.40. The summed E-state index contributed by atoms with van der Waals surface area (Å²) in [4.78, 5) is 10.2. The molecule has 2 nitrogen and oxygen atoms in total. The van der Waals surface area contributed by atoms with Gasteiger partial charge < -0.3 is 5.11 Å². The van der Waals surface area contributed by atoms with E-state index in [4.69, 9.17) is 5.11 Å². The molecule has 0 aromatic heterocycles. The van der Waals surface area contributed by atoms with Gasteiger partial charge in [-0.25, -0.2) is 4.79 Å². The first kappa shape index (κ1) is 16.1. The van der Waals surface area contributed by atoms with E-state index < -0.39 is 5.97 Å². The van der Waals surface area contributed by atoms with Crippen LogP contribution in [0.1, 0.15) is 45.0 Å². The van der Waals surface area contributed by atoms with Crippen molar-refractivity contribution in [1.82, 2.24) is 0 Å². The Hall–Kier alpha value is -1.31. The van der Waals surface area contributed by atoms with E-state index in [1.54, 1.807) is 30.3 Å². The first-order valence-electron chi connectivity index (χ1n) is 5.32. The predicted octanol–water partition coefficient (Wildman–Crippen LogP) is 4.07. The molecule has 86 valence electrons. The minimum absolute atomic E-state index is 0.331. The highest BCUT2D eigenvalue weighted by molar-refractivity contribution is 5.87. The minimum Gasteiger partial charge on any atom is -0.478 e. The smallest absolute Gasteiger partial charge is 0.335 e. The van der Waals surface area contributed by atoms with Crippen LogP contribution in [-0.4, -0.2) is 11.1 Å². The lowest BCUT2D eigenvalue weighted by atomic mass is 10.2. The van der Waals surface area contributed by atoms with Crippen molar-refractivity contribution in [2.45, 2.75) is 34.6 Å². The number of aromatic carboxylic acids is 1. The Morgan fingerprint density at radius 1 is 1.07 bits per heavy atom. The molecule has 1 N–H and O–H groups in total. The third-order valence-corrected chi connectivity index (χ3v) is 1.02. The standard InChI is InChI=1S/C7H6O2.C4H10.C2H6/c8-7(9)6-4-2-1-3-5-6;1-4(2)3;1-2/h1-5H,(H,8,9);4H,1-3H3;1-2H3. The number of carboxylic acid groups (broad SMARTS) is 1. The lowest BCUT2D eigenvalue weighted by molar-refractivity contribution is 0.0697. The molecule has 0 bridgehead atoms. The van der Waals surface area contributed by atoms with E-state index >= 15 is 0 Å². The minimum atomic E-state index is -0.879. The second kappa shape index (κ2) is 10.8. The Morgan fingerprint density at radius 2 is 1.40 bits per heavy atom. The summed E-state index contributed by atoms with van der Waals surface area (Å²) in [7, 11) is 0. The Bertz CT molecular complexity index is 237. The third kappa shape index (κ3) is 12.7. The van der Waals surface area contributed by atoms with Gasteiger partial charge in [-0.3, -0.25) is 0 Å². The number of benzene rings is 1. The Balaban J connectivity index is 0. The highest BCUT2D eigenvalue weighted by atomic mass is 16.4. The van der Waals surface area contributed by atoms with Crippen molar-refractivity contribution in [3.8, 4) is 0 Å². The summed E-state index contributed by atoms with van der Waals surface area (Å²) >= 11 is 0. The molecule has 0 radical (unpaired) electrons. The largest absolute Gasteiger partial charge is 0.478 e. The van der Waals surface area contributed by atoms with E-state index in [0.29, 0.717) is 5.56 Å². The number of hydrogen-bond donors (Lipinski definition) is 1. The second-order valence-electron chi connectivity index (χ2n) is 3.40. The zero-order chi connectivity index (χ0) is 12.3. The number of hydrogen-bond acceptors (Lipinski definition) is 1. The van der Waals surface area contributed by atoms with Gasteiger partial charge in [-0.05, 0) is 18.1 Å². The van der Waals surface area contributed by atoms with Gasteiger partial charge in [0.2, 0.25) is 0 Å². The fourth-order valence-electron chi connectivity index (χ4n) is 0.581. The van der Waals surface area contributed by atoms with E-state index in [1.165, 1.54) is 0 Å². The maximum Gasteiger partial charge on any atom is 0.335 e. The van der Waals surface area contributed by atoms with E-state index in [9.17, 15) is 4.79 Å². The predicted molar refractivity (Wildman–Crippen MR) is 65.3 cm³/mol. The van der Waals surface area contributed by atoms with Crippen molar-refractivity contribution in [1.29, 1.82) is 0 Å². The van der Waals surface area contributed by atoms with Crippen molar-refractivity contribution >= 4 is 5.97 Å². The van der Waals surface area contributed by atoms with E-state index in [2.05, 4.69) is 20.8 Å². The van der Waals surface area contributed by atoms with Gasteiger partial charge in [-0.15, -0.1) is 0 Å². The van der Waals surface area contributed by atoms with Crippen LogP contribution in [0.2, 0.25) is 0 Å². The van der Waals surface area contributed by atoms with Crippen LogP contribution < -0.4 is 0 Å². The summed E-state index contributed by atoms with van der Waals surface area (Å²) in [5, 5.41) is 8.38.